The Bertz CT molecular complexity index is 316. The van der Waals surface area contributed by atoms with Gasteiger partial charge in [-0.25, -0.2) is 0 Å². The summed E-state index contributed by atoms with van der Waals surface area (Å²) in [5, 5.41) is 0. The van der Waals surface area contributed by atoms with Crippen molar-refractivity contribution in [3.05, 3.63) is 23.3 Å². The van der Waals surface area contributed by atoms with E-state index in [1.54, 1.807) is 14.2 Å². The first-order valence-electron chi connectivity index (χ1n) is 4.66. The molecule has 0 amide bonds. The van der Waals surface area contributed by atoms with Gasteiger partial charge in [-0.3, -0.25) is 0 Å². The maximum Gasteiger partial charge on any atom is 0.126 e. The quantitative estimate of drug-likeness (QED) is 0.718. The molecule has 14 heavy (non-hydrogen) atoms. The molecule has 2 rings (SSSR count). The van der Waals surface area contributed by atoms with Crippen LogP contribution in [0.2, 0.25) is 0 Å². The minimum Gasteiger partial charge on any atom is -0.497 e. The summed E-state index contributed by atoms with van der Waals surface area (Å²) in [6.45, 7) is 1.43. The van der Waals surface area contributed by atoms with Gasteiger partial charge in [-0.05, 0) is 18.1 Å². The van der Waals surface area contributed by atoms with Gasteiger partial charge in [0, 0.05) is 11.6 Å². The number of fused-ring (bicyclic) bond motifs is 1. The van der Waals surface area contributed by atoms with Gasteiger partial charge in [0.25, 0.3) is 0 Å². The van der Waals surface area contributed by atoms with Crippen LogP contribution >= 0.6 is 0 Å². The van der Waals surface area contributed by atoms with Crippen molar-refractivity contribution < 1.29 is 14.2 Å². The lowest BCUT2D eigenvalue weighted by Gasteiger charge is -2.20. The van der Waals surface area contributed by atoms with Crippen molar-refractivity contribution in [3.8, 4) is 11.5 Å². The summed E-state index contributed by atoms with van der Waals surface area (Å²) in [5.41, 5.74) is 2.42. The van der Waals surface area contributed by atoms with Crippen molar-refractivity contribution in [2.24, 2.45) is 0 Å². The van der Waals surface area contributed by atoms with Crippen LogP contribution in [0, 0.1) is 0 Å². The molecule has 1 aliphatic heterocycles. The predicted octanol–water partition coefficient (Wildman–Crippen LogP) is 1.78. The van der Waals surface area contributed by atoms with Gasteiger partial charge in [0.15, 0.2) is 0 Å². The van der Waals surface area contributed by atoms with Crippen molar-refractivity contribution in [1.29, 1.82) is 0 Å². The Morgan fingerprint density at radius 3 is 2.79 bits per heavy atom. The fourth-order valence-corrected chi connectivity index (χ4v) is 1.74. The number of benzene rings is 1. The summed E-state index contributed by atoms with van der Waals surface area (Å²) in [6, 6.07) is 3.93. The van der Waals surface area contributed by atoms with Crippen molar-refractivity contribution >= 4 is 0 Å². The number of hydrogen-bond donors (Lipinski definition) is 0. The number of ether oxygens (including phenoxy) is 3. The SMILES string of the molecule is COc1cc2c(c(OC)c1)CCOC2. The third-order valence-electron chi connectivity index (χ3n) is 2.48. The van der Waals surface area contributed by atoms with E-state index >= 15 is 0 Å². The highest BCUT2D eigenvalue weighted by molar-refractivity contribution is 5.47. The summed E-state index contributed by atoms with van der Waals surface area (Å²) in [6.07, 6.45) is 0.919. The van der Waals surface area contributed by atoms with Crippen LogP contribution in [0.5, 0.6) is 11.5 Å². The second kappa shape index (κ2) is 3.88. The van der Waals surface area contributed by atoms with E-state index in [0.717, 1.165) is 24.5 Å². The first-order valence-corrected chi connectivity index (χ1v) is 4.66. The summed E-state index contributed by atoms with van der Waals surface area (Å²) in [4.78, 5) is 0. The third-order valence-corrected chi connectivity index (χ3v) is 2.48. The maximum absolute atomic E-state index is 5.38. The predicted molar refractivity (Wildman–Crippen MR) is 52.9 cm³/mol. The molecule has 0 aliphatic carbocycles. The van der Waals surface area contributed by atoms with Crippen molar-refractivity contribution in [1.82, 2.24) is 0 Å². The standard InChI is InChI=1S/C11H14O3/c1-12-9-5-8-7-14-4-3-10(8)11(6-9)13-2/h5-6H,3-4,7H2,1-2H3. The molecular formula is C11H14O3. The van der Waals surface area contributed by atoms with E-state index in [-0.39, 0.29) is 0 Å². The first-order chi connectivity index (χ1) is 6.85. The first kappa shape index (κ1) is 9.34. The second-order valence-electron chi connectivity index (χ2n) is 3.27. The van der Waals surface area contributed by atoms with E-state index in [1.165, 1.54) is 11.1 Å². The molecule has 0 unspecified atom stereocenters. The Morgan fingerprint density at radius 1 is 1.21 bits per heavy atom. The fraction of sp³-hybridized carbons (Fsp3) is 0.455. The summed E-state index contributed by atoms with van der Waals surface area (Å²) in [7, 11) is 3.34. The fourth-order valence-electron chi connectivity index (χ4n) is 1.74. The molecule has 0 fully saturated rings. The average Bonchev–Trinajstić information content (AvgIpc) is 2.27. The molecule has 76 valence electrons. The molecule has 0 saturated carbocycles. The van der Waals surface area contributed by atoms with Crippen LogP contribution < -0.4 is 9.47 Å². The Balaban J connectivity index is 2.47. The molecule has 0 N–H and O–H groups in total. The van der Waals surface area contributed by atoms with Gasteiger partial charge in [0.05, 0.1) is 27.4 Å². The van der Waals surface area contributed by atoms with Crippen LogP contribution in [0.15, 0.2) is 12.1 Å². The van der Waals surface area contributed by atoms with Crippen molar-refractivity contribution in [3.63, 3.8) is 0 Å². The molecule has 0 spiro atoms. The highest BCUT2D eigenvalue weighted by Gasteiger charge is 2.15. The van der Waals surface area contributed by atoms with E-state index in [2.05, 4.69) is 0 Å². The zero-order chi connectivity index (χ0) is 9.97. The summed E-state index contributed by atoms with van der Waals surface area (Å²) >= 11 is 0. The van der Waals surface area contributed by atoms with E-state index < -0.39 is 0 Å². The molecule has 1 aliphatic rings. The van der Waals surface area contributed by atoms with Gasteiger partial charge in [0.1, 0.15) is 11.5 Å². The number of rotatable bonds is 2. The number of hydrogen-bond acceptors (Lipinski definition) is 3. The molecule has 3 nitrogen and oxygen atoms in total. The van der Waals surface area contributed by atoms with E-state index in [0.29, 0.717) is 6.61 Å². The van der Waals surface area contributed by atoms with E-state index in [4.69, 9.17) is 14.2 Å². The Morgan fingerprint density at radius 2 is 2.07 bits per heavy atom. The van der Waals surface area contributed by atoms with Crippen molar-refractivity contribution in [2.75, 3.05) is 20.8 Å². The topological polar surface area (TPSA) is 27.7 Å². The van der Waals surface area contributed by atoms with Crippen LogP contribution in [-0.2, 0) is 17.8 Å². The monoisotopic (exact) mass is 194 g/mol. The highest BCUT2D eigenvalue weighted by Crippen LogP contribution is 2.31. The van der Waals surface area contributed by atoms with E-state index in [9.17, 15) is 0 Å². The summed E-state index contributed by atoms with van der Waals surface area (Å²) in [5.74, 6) is 1.73. The highest BCUT2D eigenvalue weighted by atomic mass is 16.5. The van der Waals surface area contributed by atoms with Gasteiger partial charge >= 0.3 is 0 Å². The molecule has 0 atom stereocenters. The van der Waals surface area contributed by atoms with E-state index in [1.807, 2.05) is 12.1 Å². The molecular weight excluding hydrogens is 180 g/mol. The normalized spacial score (nSPS) is 14.7. The molecule has 0 aromatic heterocycles. The molecule has 0 saturated heterocycles. The Labute approximate surface area is 83.6 Å². The largest absolute Gasteiger partial charge is 0.497 e. The zero-order valence-electron chi connectivity index (χ0n) is 8.50. The minimum absolute atomic E-state index is 0.656. The van der Waals surface area contributed by atoms with Crippen LogP contribution in [0.25, 0.3) is 0 Å². The van der Waals surface area contributed by atoms with Gasteiger partial charge in [0.2, 0.25) is 0 Å². The zero-order valence-corrected chi connectivity index (χ0v) is 8.50. The van der Waals surface area contributed by atoms with Gasteiger partial charge in [-0.1, -0.05) is 0 Å². The number of methoxy groups -OCH3 is 2. The molecule has 0 radical (unpaired) electrons. The molecule has 0 bridgehead atoms. The molecule has 1 aromatic carbocycles. The molecule has 1 aromatic rings. The van der Waals surface area contributed by atoms with Crippen molar-refractivity contribution in [2.45, 2.75) is 13.0 Å². The molecule has 3 heteroatoms. The van der Waals surface area contributed by atoms with Gasteiger partial charge in [-0.2, -0.15) is 0 Å². The van der Waals surface area contributed by atoms with Crippen LogP contribution in [0.1, 0.15) is 11.1 Å². The summed E-state index contributed by atoms with van der Waals surface area (Å²) < 4.78 is 15.9. The average molecular weight is 194 g/mol. The lowest BCUT2D eigenvalue weighted by molar-refractivity contribution is 0.109. The lowest BCUT2D eigenvalue weighted by atomic mass is 10.0. The van der Waals surface area contributed by atoms with Crippen LogP contribution in [-0.4, -0.2) is 20.8 Å². The van der Waals surface area contributed by atoms with Crippen LogP contribution in [0.3, 0.4) is 0 Å². The Hall–Kier alpha value is -1.22. The lowest BCUT2D eigenvalue weighted by Crippen LogP contribution is -2.11. The minimum atomic E-state index is 0.656. The maximum atomic E-state index is 5.38. The van der Waals surface area contributed by atoms with Gasteiger partial charge < -0.3 is 14.2 Å². The second-order valence-corrected chi connectivity index (χ2v) is 3.27. The third kappa shape index (κ3) is 1.55. The van der Waals surface area contributed by atoms with Crippen LogP contribution in [0.4, 0.5) is 0 Å². The van der Waals surface area contributed by atoms with Gasteiger partial charge in [-0.15, -0.1) is 0 Å². The smallest absolute Gasteiger partial charge is 0.126 e. The Kier molecular flexibility index (Phi) is 2.59. The molecule has 1 heterocycles.